The lowest BCUT2D eigenvalue weighted by atomic mass is 10.1. The van der Waals surface area contributed by atoms with Crippen LogP contribution in [0.4, 0.5) is 11.5 Å². The van der Waals surface area contributed by atoms with Crippen LogP contribution in [0.2, 0.25) is 0 Å². The van der Waals surface area contributed by atoms with E-state index in [0.29, 0.717) is 16.7 Å². The Morgan fingerprint density at radius 3 is 2.39 bits per heavy atom. The minimum absolute atomic E-state index is 0.106. The van der Waals surface area contributed by atoms with Crippen molar-refractivity contribution in [2.75, 3.05) is 24.7 Å². The van der Waals surface area contributed by atoms with Crippen molar-refractivity contribution in [1.82, 2.24) is 4.98 Å². The van der Waals surface area contributed by atoms with Crippen molar-refractivity contribution in [3.63, 3.8) is 0 Å². The summed E-state index contributed by atoms with van der Waals surface area (Å²) in [6, 6.07) is 19.3. The Morgan fingerprint density at radius 2 is 1.61 bits per heavy atom. The molecule has 0 amide bonds. The smallest absolute Gasteiger partial charge is 0.339 e. The van der Waals surface area contributed by atoms with Gasteiger partial charge in [-0.15, -0.1) is 0 Å². The maximum atomic E-state index is 13.1. The van der Waals surface area contributed by atoms with Crippen LogP contribution in [0.3, 0.4) is 0 Å². The van der Waals surface area contributed by atoms with E-state index in [0.717, 1.165) is 16.5 Å². The third-order valence-corrected chi connectivity index (χ3v) is 5.81. The lowest BCUT2D eigenvalue weighted by Crippen LogP contribution is -2.12. The molecule has 0 saturated heterocycles. The first-order valence-corrected chi connectivity index (χ1v) is 10.1. The summed E-state index contributed by atoms with van der Waals surface area (Å²) in [5.74, 6) is 0.437. The maximum Gasteiger partial charge on any atom is 0.339 e. The number of fused-ring (bicyclic) bond motifs is 2. The van der Waals surface area contributed by atoms with E-state index in [4.69, 9.17) is 9.92 Å². The van der Waals surface area contributed by atoms with Gasteiger partial charge in [-0.2, -0.15) is 8.42 Å². The maximum absolute atomic E-state index is 13.1. The van der Waals surface area contributed by atoms with Gasteiger partial charge in [0.1, 0.15) is 16.2 Å². The fraction of sp³-hybridized carbons (Fsp3) is 0.0952. The molecule has 4 aromatic rings. The number of pyridine rings is 1. The first kappa shape index (κ1) is 18.1. The Labute approximate surface area is 163 Å². The van der Waals surface area contributed by atoms with E-state index in [9.17, 15) is 8.42 Å². The number of nitrogens with zero attached hydrogens (tertiary/aromatic N) is 2. The van der Waals surface area contributed by atoms with Gasteiger partial charge in [-0.25, -0.2) is 4.98 Å². The highest BCUT2D eigenvalue weighted by Crippen LogP contribution is 2.33. The molecular weight excluding hydrogens is 374 g/mol. The highest BCUT2D eigenvalue weighted by Gasteiger charge is 2.22. The van der Waals surface area contributed by atoms with Crippen molar-refractivity contribution in [2.24, 2.45) is 0 Å². The zero-order chi connectivity index (χ0) is 19.9. The molecule has 2 N–H and O–H groups in total. The van der Waals surface area contributed by atoms with Gasteiger partial charge in [-0.3, -0.25) is 0 Å². The van der Waals surface area contributed by atoms with Crippen LogP contribution in [-0.4, -0.2) is 27.5 Å². The molecule has 28 heavy (non-hydrogen) atoms. The quantitative estimate of drug-likeness (QED) is 0.531. The molecule has 6 nitrogen and oxygen atoms in total. The number of nitrogens with two attached hydrogens (primary N) is 1. The van der Waals surface area contributed by atoms with E-state index >= 15 is 0 Å². The predicted molar refractivity (Wildman–Crippen MR) is 112 cm³/mol. The first-order valence-electron chi connectivity index (χ1n) is 8.65. The molecule has 7 heteroatoms. The monoisotopic (exact) mass is 393 g/mol. The molecular formula is C21H19N3O3S. The number of hydrogen-bond acceptors (Lipinski definition) is 6. The van der Waals surface area contributed by atoms with Gasteiger partial charge < -0.3 is 14.8 Å². The van der Waals surface area contributed by atoms with E-state index in [1.807, 2.05) is 43.3 Å². The van der Waals surface area contributed by atoms with Gasteiger partial charge in [0.05, 0.1) is 0 Å². The molecule has 0 bridgehead atoms. The Balaban J connectivity index is 1.87. The van der Waals surface area contributed by atoms with E-state index < -0.39 is 10.1 Å². The van der Waals surface area contributed by atoms with E-state index in [2.05, 4.69) is 4.98 Å². The van der Waals surface area contributed by atoms with Crippen LogP contribution in [0.5, 0.6) is 5.75 Å². The van der Waals surface area contributed by atoms with Gasteiger partial charge in [0.25, 0.3) is 0 Å². The molecule has 0 aliphatic heterocycles. The van der Waals surface area contributed by atoms with Crippen LogP contribution < -0.4 is 14.8 Å². The van der Waals surface area contributed by atoms with Crippen LogP contribution >= 0.6 is 0 Å². The van der Waals surface area contributed by atoms with Gasteiger partial charge in [-0.1, -0.05) is 36.4 Å². The second-order valence-electron chi connectivity index (χ2n) is 6.62. The summed E-state index contributed by atoms with van der Waals surface area (Å²) in [5, 5.41) is 2.17. The molecule has 142 valence electrons. The summed E-state index contributed by atoms with van der Waals surface area (Å²) in [5.41, 5.74) is 7.09. The summed E-state index contributed by atoms with van der Waals surface area (Å²) < 4.78 is 31.8. The SMILES string of the molecule is CN(C)c1cccc2c(S(=O)(=O)Oc3cccc4ccc(N)nc34)cccc12. The largest absolute Gasteiger partial charge is 0.384 e. The summed E-state index contributed by atoms with van der Waals surface area (Å²) in [4.78, 5) is 6.28. The molecule has 0 spiro atoms. The Bertz CT molecular complexity index is 1300. The zero-order valence-electron chi connectivity index (χ0n) is 15.5. The van der Waals surface area contributed by atoms with Gasteiger partial charge in [0, 0.05) is 35.9 Å². The third-order valence-electron chi connectivity index (χ3n) is 4.51. The van der Waals surface area contributed by atoms with Gasteiger partial charge in [0.15, 0.2) is 5.75 Å². The molecule has 0 saturated carbocycles. The standard InChI is InChI=1S/C21H19N3O3S/c1-24(2)17-9-4-8-16-15(17)7-5-11-19(16)28(25,26)27-18-10-3-6-14-12-13-20(22)23-21(14)18/h3-13H,1-2H3,(H2,22,23). The number of anilines is 2. The normalized spacial score (nSPS) is 11.6. The molecule has 3 aromatic carbocycles. The molecule has 4 rings (SSSR count). The topological polar surface area (TPSA) is 85.5 Å². The minimum Gasteiger partial charge on any atom is -0.384 e. The first-order chi connectivity index (χ1) is 13.4. The van der Waals surface area contributed by atoms with Crippen LogP contribution in [0, 0.1) is 0 Å². The second kappa shape index (κ2) is 6.69. The van der Waals surface area contributed by atoms with Gasteiger partial charge in [-0.05, 0) is 30.3 Å². The highest BCUT2D eigenvalue weighted by atomic mass is 32.2. The van der Waals surface area contributed by atoms with Gasteiger partial charge >= 0.3 is 10.1 Å². The molecule has 1 aromatic heterocycles. The lowest BCUT2D eigenvalue weighted by molar-refractivity contribution is 0.489. The zero-order valence-corrected chi connectivity index (χ0v) is 16.3. The predicted octanol–water partition coefficient (Wildman–Crippen LogP) is 3.80. The van der Waals surface area contributed by atoms with Crippen molar-refractivity contribution in [3.8, 4) is 5.75 Å². The number of benzene rings is 3. The average Bonchev–Trinajstić information content (AvgIpc) is 2.67. The van der Waals surface area contributed by atoms with Crippen LogP contribution in [0.25, 0.3) is 21.7 Å². The molecule has 0 fully saturated rings. The number of para-hydroxylation sites is 1. The van der Waals surface area contributed by atoms with E-state index in [1.54, 1.807) is 42.5 Å². The molecule has 0 radical (unpaired) electrons. The van der Waals surface area contributed by atoms with Crippen molar-refractivity contribution >= 4 is 43.3 Å². The average molecular weight is 393 g/mol. The molecule has 0 aliphatic rings. The number of nitrogen functional groups attached to an aromatic ring is 1. The Kier molecular flexibility index (Phi) is 4.31. The summed E-state index contributed by atoms with van der Waals surface area (Å²) in [6.45, 7) is 0. The molecule has 0 aliphatic carbocycles. The fourth-order valence-corrected chi connectivity index (χ4v) is 4.39. The van der Waals surface area contributed by atoms with Crippen molar-refractivity contribution in [3.05, 3.63) is 66.7 Å². The second-order valence-corrected chi connectivity index (χ2v) is 8.14. The minimum atomic E-state index is -4.09. The third kappa shape index (κ3) is 3.10. The number of rotatable bonds is 4. The summed E-state index contributed by atoms with van der Waals surface area (Å²) >= 11 is 0. The van der Waals surface area contributed by atoms with Gasteiger partial charge in [0.2, 0.25) is 0 Å². The van der Waals surface area contributed by atoms with E-state index in [-0.39, 0.29) is 10.6 Å². The molecule has 0 unspecified atom stereocenters. The highest BCUT2D eigenvalue weighted by molar-refractivity contribution is 7.87. The van der Waals surface area contributed by atoms with Crippen LogP contribution in [0.1, 0.15) is 0 Å². The van der Waals surface area contributed by atoms with E-state index in [1.165, 1.54) is 0 Å². The van der Waals surface area contributed by atoms with Crippen LogP contribution in [0.15, 0.2) is 71.6 Å². The lowest BCUT2D eigenvalue weighted by Gasteiger charge is -2.17. The van der Waals surface area contributed by atoms with Crippen molar-refractivity contribution in [1.29, 1.82) is 0 Å². The Hall–Kier alpha value is -3.32. The number of aromatic nitrogens is 1. The molecule has 1 heterocycles. The van der Waals surface area contributed by atoms with Crippen LogP contribution in [-0.2, 0) is 10.1 Å². The summed E-state index contributed by atoms with van der Waals surface area (Å²) in [6.07, 6.45) is 0. The number of hydrogen-bond donors (Lipinski definition) is 1. The van der Waals surface area contributed by atoms with Crippen molar-refractivity contribution in [2.45, 2.75) is 4.90 Å². The Morgan fingerprint density at radius 1 is 0.893 bits per heavy atom. The summed E-state index contributed by atoms with van der Waals surface area (Å²) in [7, 11) is -0.255. The van der Waals surface area contributed by atoms with Crippen molar-refractivity contribution < 1.29 is 12.6 Å². The molecule has 0 atom stereocenters. The fourth-order valence-electron chi connectivity index (χ4n) is 3.24.